The summed E-state index contributed by atoms with van der Waals surface area (Å²) in [4.78, 5) is 33.9. The van der Waals surface area contributed by atoms with Crippen molar-refractivity contribution in [2.75, 3.05) is 26.3 Å². The minimum Gasteiger partial charge on any atom is -0.508 e. The highest BCUT2D eigenvalue weighted by Gasteiger charge is 2.68. The number of aromatic hydroxyl groups is 1. The van der Waals surface area contributed by atoms with Gasteiger partial charge in [-0.3, -0.25) is 19.9 Å². The molecule has 0 unspecified atom stereocenters. The lowest BCUT2D eigenvalue weighted by Gasteiger charge is -2.57. The number of phenolic OH excluding ortho intramolecular Hbond substituents is 1. The summed E-state index contributed by atoms with van der Waals surface area (Å²) in [5.74, 6) is 4.02. The molecule has 2 fully saturated rings. The van der Waals surface area contributed by atoms with Gasteiger partial charge in [0, 0.05) is 42.7 Å². The van der Waals surface area contributed by atoms with Gasteiger partial charge in [-0.05, 0) is 164 Å². The van der Waals surface area contributed by atoms with Gasteiger partial charge in [-0.25, -0.2) is 0 Å². The van der Waals surface area contributed by atoms with Crippen LogP contribution in [0.4, 0.5) is 0 Å². The van der Waals surface area contributed by atoms with Crippen LogP contribution in [0.2, 0.25) is 0 Å². The average molecular weight is 1090 g/mol. The van der Waals surface area contributed by atoms with E-state index in [9.17, 15) is 35.4 Å². The Bertz CT molecular complexity index is 3100. The second kappa shape index (κ2) is 24.3. The SMILES string of the molecule is C=C1/C=C2\C=C[C@@]3(CC[C@@]4([C@@H]5CC[C@H](O)Cc6cccc(c6)C[C@@H]([C@H](CN=C(N)N)c6ccc(O)cc6)[C@H](O)CN[C@H]6C(=O)N[C@H](N)c7cccc(c76)CC(=O)/C(C)=C/5CC[C@@]4(C)O)[C@@H]3O)C(=C2)COCC#CC/C(C)=C/C[C@H]1O. The Morgan fingerprint density at radius 3 is 2.46 bits per heavy atom. The fraction of sp³-hybridized carbons (Fsp3) is 0.462. The number of nitrogens with one attached hydrogen (secondary N) is 2. The van der Waals surface area contributed by atoms with Crippen molar-refractivity contribution in [3.05, 3.63) is 171 Å². The smallest absolute Gasteiger partial charge is 0.243 e. The van der Waals surface area contributed by atoms with Crippen molar-refractivity contribution in [2.24, 2.45) is 44.9 Å². The van der Waals surface area contributed by atoms with Gasteiger partial charge >= 0.3 is 0 Å². The second-order valence-corrected chi connectivity index (χ2v) is 23.5. The van der Waals surface area contributed by atoms with Crippen LogP contribution in [-0.4, -0.2) is 105 Å². The van der Waals surface area contributed by atoms with Crippen LogP contribution in [-0.2, 0) is 33.6 Å². The van der Waals surface area contributed by atoms with Crippen molar-refractivity contribution in [1.29, 1.82) is 0 Å². The fourth-order valence-corrected chi connectivity index (χ4v) is 14.0. The van der Waals surface area contributed by atoms with Gasteiger partial charge in [-0.15, -0.1) is 0 Å². The third-order valence-corrected chi connectivity index (χ3v) is 18.5. The van der Waals surface area contributed by atoms with Crippen LogP contribution in [0.5, 0.6) is 5.75 Å². The van der Waals surface area contributed by atoms with E-state index >= 15 is 4.79 Å². The maximum atomic E-state index is 15.2. The molecule has 3 aromatic rings. The van der Waals surface area contributed by atoms with Crippen molar-refractivity contribution in [2.45, 2.75) is 140 Å². The zero-order valence-corrected chi connectivity index (χ0v) is 46.3. The molecule has 3 aliphatic carbocycles. The standard InChI is InChI=1S/C65H80N6O9/c1-38-9-5-6-28-80-37-46-31-43(29-39(2)54(74)21-14-38)22-25-64(46)26-27-65(61(64)78)53-20-19-48(73)32-41-10-7-11-42(30-41)33-51(52(35-70-62(67)68)44-15-17-47(72)18-16-44)56(76)36-69-58-57-45(12-8-13-50(57)59(66)71-60(58)77)34-55(75)40(3)49(53)23-24-63(65,4)79/h7-8,10-18,22,25,29-31,48,51-54,56,58-59,61,69,72-74,76,78-79H,2,9,19-21,23-24,26-28,32-37,66H2,1,3-4H3,(H,71,77)(H4,67,68,70)/b38-14+,43-29+,49-40+/t48-,51-,52+,53+,54+,56+,58+,59-,61+,63+,64+,65+/m0/s1. The van der Waals surface area contributed by atoms with E-state index in [1.807, 2.05) is 93.6 Å². The monoisotopic (exact) mass is 1090 g/mol. The van der Waals surface area contributed by atoms with E-state index in [-0.39, 0.29) is 69.5 Å². The zero-order valence-electron chi connectivity index (χ0n) is 46.3. The largest absolute Gasteiger partial charge is 0.508 e. The third-order valence-electron chi connectivity index (χ3n) is 18.5. The molecule has 14 N–H and O–H groups in total. The molecule has 1 amide bonds. The predicted octanol–water partition coefficient (Wildman–Crippen LogP) is 5.90. The number of nitrogens with zero attached hydrogens (tertiary/aromatic N) is 1. The van der Waals surface area contributed by atoms with Gasteiger partial charge in [0.2, 0.25) is 5.91 Å². The summed E-state index contributed by atoms with van der Waals surface area (Å²) in [6.45, 7) is 10.2. The zero-order chi connectivity index (χ0) is 57.1. The lowest BCUT2D eigenvalue weighted by atomic mass is 9.51. The van der Waals surface area contributed by atoms with Crippen molar-refractivity contribution in [1.82, 2.24) is 10.6 Å². The normalized spacial score (nSPS) is 34.3. The number of fused-ring (bicyclic) bond motifs is 6. The molecule has 3 aromatic carbocycles. The highest BCUT2D eigenvalue weighted by molar-refractivity contribution is 5.98. The van der Waals surface area contributed by atoms with Gasteiger partial charge in [-0.1, -0.05) is 108 Å². The van der Waals surface area contributed by atoms with Gasteiger partial charge in [0.15, 0.2) is 11.7 Å². The summed E-state index contributed by atoms with van der Waals surface area (Å²) in [5.41, 5.74) is 23.6. The van der Waals surface area contributed by atoms with Crippen molar-refractivity contribution >= 4 is 17.6 Å². The van der Waals surface area contributed by atoms with Crippen LogP contribution >= 0.6 is 0 Å². The van der Waals surface area contributed by atoms with E-state index in [1.165, 1.54) is 0 Å². The number of aliphatic imine (C=N–C) groups is 1. The number of rotatable bonds is 4. The van der Waals surface area contributed by atoms with Gasteiger partial charge in [-0.2, -0.15) is 0 Å². The lowest BCUT2D eigenvalue weighted by Crippen LogP contribution is -2.61. The Morgan fingerprint density at radius 1 is 0.950 bits per heavy atom. The van der Waals surface area contributed by atoms with Crippen molar-refractivity contribution in [3.63, 3.8) is 0 Å². The molecule has 424 valence electrons. The molecule has 2 saturated carbocycles. The molecule has 15 heteroatoms. The minimum atomic E-state index is -1.43. The number of aliphatic hydroxyl groups excluding tert-OH is 4. The maximum Gasteiger partial charge on any atom is 0.243 e. The van der Waals surface area contributed by atoms with Crippen LogP contribution in [0.3, 0.4) is 0 Å². The highest BCUT2D eigenvalue weighted by atomic mass is 16.5. The van der Waals surface area contributed by atoms with Crippen LogP contribution in [0, 0.1) is 34.5 Å². The van der Waals surface area contributed by atoms with E-state index in [4.69, 9.17) is 21.9 Å². The Labute approximate surface area is 470 Å². The van der Waals surface area contributed by atoms with Crippen LogP contribution < -0.4 is 27.8 Å². The number of ketones is 1. The Balaban J connectivity index is 1.14. The number of ether oxygens (including phenoxy) is 1. The number of hydrogen-bond donors (Lipinski definition) is 11. The summed E-state index contributed by atoms with van der Waals surface area (Å²) in [6.07, 6.45) is 8.51. The third kappa shape index (κ3) is 12.0. The van der Waals surface area contributed by atoms with Gasteiger partial charge in [0.25, 0.3) is 0 Å². The Morgan fingerprint density at radius 2 is 1.70 bits per heavy atom. The molecule has 4 bridgehead atoms. The molecule has 3 aliphatic heterocycles. The second-order valence-electron chi connectivity index (χ2n) is 23.5. The quantitative estimate of drug-likeness (QED) is 0.0629. The molecular weight excluding hydrogens is 1010 g/mol. The van der Waals surface area contributed by atoms with Gasteiger partial charge in [0.05, 0.1) is 36.6 Å². The number of nitrogens with two attached hydrogens (primary N) is 3. The van der Waals surface area contributed by atoms with Crippen molar-refractivity contribution in [3.8, 4) is 17.6 Å². The molecule has 2 spiro atoms. The van der Waals surface area contributed by atoms with Gasteiger partial charge in [0.1, 0.15) is 24.6 Å². The first kappa shape index (κ1) is 58.2. The van der Waals surface area contributed by atoms with Crippen LogP contribution in [0.25, 0.3) is 0 Å². The number of amides is 1. The first-order chi connectivity index (χ1) is 38.2. The van der Waals surface area contributed by atoms with E-state index in [0.717, 1.165) is 39.0 Å². The summed E-state index contributed by atoms with van der Waals surface area (Å²) in [7, 11) is 0. The molecule has 15 nitrogen and oxygen atoms in total. The molecule has 0 aromatic heterocycles. The molecule has 0 saturated heterocycles. The van der Waals surface area contributed by atoms with E-state index < -0.39 is 76.7 Å². The first-order valence-electron chi connectivity index (χ1n) is 28.2. The number of hydrogen-bond acceptors (Lipinski definition) is 12. The number of carbonyl (C=O) groups is 2. The van der Waals surface area contributed by atoms with E-state index in [0.29, 0.717) is 72.8 Å². The predicted molar refractivity (Wildman–Crippen MR) is 309 cm³/mol. The van der Waals surface area contributed by atoms with Crippen molar-refractivity contribution < 1.29 is 45.0 Å². The molecule has 80 heavy (non-hydrogen) atoms. The van der Waals surface area contributed by atoms with E-state index in [2.05, 4.69) is 34.0 Å². The number of phenols is 1. The summed E-state index contributed by atoms with van der Waals surface area (Å²) >= 11 is 0. The van der Waals surface area contributed by atoms with Crippen LogP contribution in [0.1, 0.15) is 124 Å². The molecule has 12 atom stereocenters. The molecule has 9 rings (SSSR count). The van der Waals surface area contributed by atoms with Crippen LogP contribution in [0.15, 0.2) is 142 Å². The highest BCUT2D eigenvalue weighted by Crippen LogP contribution is 2.67. The lowest BCUT2D eigenvalue weighted by molar-refractivity contribution is -0.174. The molecule has 6 aliphatic rings. The average Bonchev–Trinajstić information content (AvgIpc) is 3.97. The molecule has 3 heterocycles. The number of allylic oxidation sites excluding steroid dienone is 6. The molecular formula is C65H80N6O9. The molecule has 0 radical (unpaired) electrons. The number of carbonyl (C=O) groups excluding carboxylic acids is 2. The summed E-state index contributed by atoms with van der Waals surface area (Å²) in [6, 6.07) is 19.0. The topological polar surface area (TPSA) is 279 Å². The Hall–Kier alpha value is -6.45. The van der Waals surface area contributed by atoms with Gasteiger partial charge < -0.3 is 57.9 Å². The first-order valence-corrected chi connectivity index (χ1v) is 28.2. The summed E-state index contributed by atoms with van der Waals surface area (Å²) < 4.78 is 6.29. The number of aliphatic hydroxyl groups is 5. The number of guanidine groups is 1. The number of β-amino-alcohol motifs (C(OH)–C–C–N with tert-alkyl or cyclic N) is 1. The minimum absolute atomic E-state index is 0.0646. The maximum absolute atomic E-state index is 15.2. The summed E-state index contributed by atoms with van der Waals surface area (Å²) in [5, 5.41) is 79.0. The fourth-order valence-electron chi connectivity index (χ4n) is 14.0. The number of benzene rings is 3. The Kier molecular flexibility index (Phi) is 17.7. The number of Topliss-reactive ketones (excluding diaryl/α,β-unsaturated/α-hetero) is 1. The van der Waals surface area contributed by atoms with E-state index in [1.54, 1.807) is 24.3 Å².